The number of nitrogens with one attached hydrogen (secondary N) is 1. The molecule has 1 aliphatic heterocycles. The van der Waals surface area contributed by atoms with Gasteiger partial charge in [0.05, 0.1) is 0 Å². The van der Waals surface area contributed by atoms with Crippen LogP contribution in [0.4, 0.5) is 5.69 Å². The van der Waals surface area contributed by atoms with Gasteiger partial charge in [-0.1, -0.05) is 32.1 Å². The van der Waals surface area contributed by atoms with E-state index in [-0.39, 0.29) is 5.91 Å². The highest BCUT2D eigenvalue weighted by Gasteiger charge is 2.22. The van der Waals surface area contributed by atoms with Crippen LogP contribution in [0.15, 0.2) is 36.9 Å². The lowest BCUT2D eigenvalue weighted by Crippen LogP contribution is -2.45. The third-order valence-electron chi connectivity index (χ3n) is 4.28. The van der Waals surface area contributed by atoms with Gasteiger partial charge in [-0.25, -0.2) is 0 Å². The maximum Gasteiger partial charge on any atom is 0.222 e. The molecular weight excluding hydrogens is 272 g/mol. The Morgan fingerprint density at radius 3 is 2.77 bits per heavy atom. The van der Waals surface area contributed by atoms with Crippen molar-refractivity contribution in [1.82, 2.24) is 4.90 Å². The van der Waals surface area contributed by atoms with Gasteiger partial charge in [-0.3, -0.25) is 4.79 Å². The Balaban J connectivity index is 1.89. The highest BCUT2D eigenvalue weighted by atomic mass is 16.2. The predicted molar refractivity (Wildman–Crippen MR) is 93.2 cm³/mol. The Morgan fingerprint density at radius 2 is 2.14 bits per heavy atom. The largest absolute Gasteiger partial charge is 0.381 e. The van der Waals surface area contributed by atoms with Crippen molar-refractivity contribution in [3.63, 3.8) is 0 Å². The van der Waals surface area contributed by atoms with Crippen molar-refractivity contribution in [3.8, 4) is 0 Å². The van der Waals surface area contributed by atoms with Crippen LogP contribution in [0.3, 0.4) is 0 Å². The molecule has 0 spiro atoms. The van der Waals surface area contributed by atoms with Crippen LogP contribution < -0.4 is 5.32 Å². The molecular formula is C19H28N2O. The molecule has 1 saturated heterocycles. The molecule has 1 amide bonds. The summed E-state index contributed by atoms with van der Waals surface area (Å²) >= 11 is 0. The molecule has 0 aliphatic carbocycles. The number of carbonyl (C=O) groups excluding carboxylic acids is 1. The number of benzene rings is 1. The minimum absolute atomic E-state index is 0.251. The molecule has 3 heteroatoms. The first kappa shape index (κ1) is 16.6. The summed E-state index contributed by atoms with van der Waals surface area (Å²) in [6.45, 7) is 9.79. The molecule has 1 heterocycles. The van der Waals surface area contributed by atoms with Crippen LogP contribution in [0.2, 0.25) is 0 Å². The quantitative estimate of drug-likeness (QED) is 0.799. The van der Waals surface area contributed by atoms with Crippen molar-refractivity contribution in [2.75, 3.05) is 18.4 Å². The Labute approximate surface area is 134 Å². The fourth-order valence-corrected chi connectivity index (χ4v) is 2.91. The smallest absolute Gasteiger partial charge is 0.222 e. The highest BCUT2D eigenvalue weighted by molar-refractivity contribution is 5.76. The number of carbonyl (C=O) groups is 1. The topological polar surface area (TPSA) is 32.3 Å². The minimum Gasteiger partial charge on any atom is -0.381 e. The van der Waals surface area contributed by atoms with Gasteiger partial charge in [0.1, 0.15) is 0 Å². The predicted octanol–water partition coefficient (Wildman–Crippen LogP) is 4.18. The molecule has 0 bridgehead atoms. The van der Waals surface area contributed by atoms with E-state index < -0.39 is 0 Å². The lowest BCUT2D eigenvalue weighted by Gasteiger charge is -2.33. The van der Waals surface area contributed by atoms with Crippen LogP contribution in [0, 0.1) is 0 Å². The Bertz CT molecular complexity index is 493. The molecule has 0 radical (unpaired) electrons. The van der Waals surface area contributed by atoms with Gasteiger partial charge in [0.25, 0.3) is 0 Å². The maximum atomic E-state index is 12.1. The molecule has 120 valence electrons. The second-order valence-electron chi connectivity index (χ2n) is 6.43. The van der Waals surface area contributed by atoms with Gasteiger partial charge >= 0.3 is 0 Å². The standard InChI is InChI=1S/C19H28N2O/c1-4-5-8-19(22)21-13-6-7-18(14-21)20-17-11-9-16(10-12-17)15(2)3/h4,9-12,15,18,20H,1,5-8,13-14H2,2-3H3/t18-/m0/s1. The number of rotatable bonds is 6. The summed E-state index contributed by atoms with van der Waals surface area (Å²) in [5, 5.41) is 3.57. The summed E-state index contributed by atoms with van der Waals surface area (Å²) in [7, 11) is 0. The first-order chi connectivity index (χ1) is 10.6. The zero-order chi connectivity index (χ0) is 15.9. The van der Waals surface area contributed by atoms with Crippen molar-refractivity contribution in [2.45, 2.75) is 51.5 Å². The zero-order valence-electron chi connectivity index (χ0n) is 13.8. The van der Waals surface area contributed by atoms with E-state index >= 15 is 0 Å². The molecule has 1 aromatic rings. The Morgan fingerprint density at radius 1 is 1.41 bits per heavy atom. The molecule has 22 heavy (non-hydrogen) atoms. The third-order valence-corrected chi connectivity index (χ3v) is 4.28. The number of amides is 1. The first-order valence-corrected chi connectivity index (χ1v) is 8.35. The SMILES string of the molecule is C=CCCC(=O)N1CCC[C@H](Nc2ccc(C(C)C)cc2)C1. The molecule has 1 aliphatic rings. The molecule has 3 nitrogen and oxygen atoms in total. The average Bonchev–Trinajstić information content (AvgIpc) is 2.53. The van der Waals surface area contributed by atoms with Crippen LogP contribution in [-0.4, -0.2) is 29.9 Å². The summed E-state index contributed by atoms with van der Waals surface area (Å²) in [5.41, 5.74) is 2.50. The van der Waals surface area contributed by atoms with Crippen LogP contribution >= 0.6 is 0 Å². The van der Waals surface area contributed by atoms with E-state index in [4.69, 9.17) is 0 Å². The monoisotopic (exact) mass is 300 g/mol. The van der Waals surface area contributed by atoms with Gasteiger partial charge in [0.15, 0.2) is 0 Å². The van der Waals surface area contributed by atoms with Crippen LogP contribution in [0.1, 0.15) is 51.0 Å². The van der Waals surface area contributed by atoms with Gasteiger partial charge in [0, 0.05) is 31.2 Å². The van der Waals surface area contributed by atoms with Gasteiger partial charge in [-0.2, -0.15) is 0 Å². The summed E-state index contributed by atoms with van der Waals surface area (Å²) in [6, 6.07) is 9.01. The molecule has 0 unspecified atom stereocenters. The minimum atomic E-state index is 0.251. The lowest BCUT2D eigenvalue weighted by molar-refractivity contribution is -0.132. The van der Waals surface area contributed by atoms with Gasteiger partial charge in [-0.05, 0) is 42.9 Å². The number of likely N-dealkylation sites (tertiary alicyclic amines) is 1. The van der Waals surface area contributed by atoms with Gasteiger partial charge in [-0.15, -0.1) is 6.58 Å². The Hall–Kier alpha value is -1.77. The van der Waals surface area contributed by atoms with E-state index in [2.05, 4.69) is 50.0 Å². The van der Waals surface area contributed by atoms with E-state index in [0.717, 1.165) is 38.0 Å². The fraction of sp³-hybridized carbons (Fsp3) is 0.526. The van der Waals surface area contributed by atoms with Crippen molar-refractivity contribution in [2.24, 2.45) is 0 Å². The van der Waals surface area contributed by atoms with Crippen molar-refractivity contribution < 1.29 is 4.79 Å². The van der Waals surface area contributed by atoms with E-state index in [9.17, 15) is 4.79 Å². The molecule has 1 aromatic carbocycles. The number of anilines is 1. The molecule has 0 saturated carbocycles. The lowest BCUT2D eigenvalue weighted by atomic mass is 10.0. The summed E-state index contributed by atoms with van der Waals surface area (Å²) in [5.74, 6) is 0.809. The molecule has 2 rings (SSSR count). The van der Waals surface area contributed by atoms with Gasteiger partial charge in [0.2, 0.25) is 5.91 Å². The van der Waals surface area contributed by atoms with E-state index in [1.165, 1.54) is 5.56 Å². The number of nitrogens with zero attached hydrogens (tertiary/aromatic N) is 1. The molecule has 1 fully saturated rings. The average molecular weight is 300 g/mol. The summed E-state index contributed by atoms with van der Waals surface area (Å²) < 4.78 is 0. The molecule has 0 aromatic heterocycles. The summed E-state index contributed by atoms with van der Waals surface area (Å²) in [6.07, 6.45) is 5.36. The van der Waals surface area contributed by atoms with Crippen molar-refractivity contribution >= 4 is 11.6 Å². The molecule has 1 atom stereocenters. The number of piperidine rings is 1. The maximum absolute atomic E-state index is 12.1. The second kappa shape index (κ2) is 8.02. The first-order valence-electron chi connectivity index (χ1n) is 8.35. The van der Waals surface area contributed by atoms with Crippen molar-refractivity contribution in [3.05, 3.63) is 42.5 Å². The highest BCUT2D eigenvalue weighted by Crippen LogP contribution is 2.20. The zero-order valence-corrected chi connectivity index (χ0v) is 13.8. The normalized spacial score (nSPS) is 18.3. The van der Waals surface area contributed by atoms with E-state index in [1.807, 2.05) is 11.0 Å². The number of allylic oxidation sites excluding steroid dienone is 1. The van der Waals surface area contributed by atoms with Crippen molar-refractivity contribution in [1.29, 1.82) is 0 Å². The third kappa shape index (κ3) is 4.62. The van der Waals surface area contributed by atoms with E-state index in [0.29, 0.717) is 18.4 Å². The fourth-order valence-electron chi connectivity index (χ4n) is 2.91. The van der Waals surface area contributed by atoms with E-state index in [1.54, 1.807) is 0 Å². The van der Waals surface area contributed by atoms with Crippen LogP contribution in [0.5, 0.6) is 0 Å². The number of hydrogen-bond acceptors (Lipinski definition) is 2. The van der Waals surface area contributed by atoms with Gasteiger partial charge < -0.3 is 10.2 Å². The van der Waals surface area contributed by atoms with Crippen LogP contribution in [-0.2, 0) is 4.79 Å². The summed E-state index contributed by atoms with van der Waals surface area (Å²) in [4.78, 5) is 14.1. The molecule has 1 N–H and O–H groups in total. The Kier molecular flexibility index (Phi) is 6.05. The second-order valence-corrected chi connectivity index (χ2v) is 6.43. The van der Waals surface area contributed by atoms with Crippen LogP contribution in [0.25, 0.3) is 0 Å². The number of hydrogen-bond donors (Lipinski definition) is 1.